The molecule has 0 atom stereocenters. The summed E-state index contributed by atoms with van der Waals surface area (Å²) in [7, 11) is 0. The number of nitro benzene ring substituents is 1. The van der Waals surface area contributed by atoms with Crippen molar-refractivity contribution in [1.29, 1.82) is 0 Å². The number of nitrogens with zero attached hydrogens (tertiary/aromatic N) is 2. The van der Waals surface area contributed by atoms with E-state index in [0.717, 1.165) is 22.2 Å². The van der Waals surface area contributed by atoms with Crippen molar-refractivity contribution in [2.24, 2.45) is 0 Å². The summed E-state index contributed by atoms with van der Waals surface area (Å²) in [4.78, 5) is 10.4. The van der Waals surface area contributed by atoms with Crippen LogP contribution in [0.4, 0.5) is 15.8 Å². The maximum absolute atomic E-state index is 14.1. The third-order valence-electron chi connectivity index (χ3n) is 4.73. The second kappa shape index (κ2) is 7.52. The molecule has 0 aliphatic heterocycles. The van der Waals surface area contributed by atoms with Crippen molar-refractivity contribution in [3.05, 3.63) is 106 Å². The molecule has 0 spiro atoms. The second-order valence-corrected chi connectivity index (χ2v) is 6.55. The Morgan fingerprint density at radius 1 is 0.929 bits per heavy atom. The normalized spacial score (nSPS) is 10.9. The first kappa shape index (κ1) is 17.7. The summed E-state index contributed by atoms with van der Waals surface area (Å²) in [5.74, 6) is -0.217. The van der Waals surface area contributed by atoms with Crippen molar-refractivity contribution in [3.63, 3.8) is 0 Å². The molecule has 5 nitrogen and oxygen atoms in total. The Labute approximate surface area is 161 Å². The fourth-order valence-electron chi connectivity index (χ4n) is 3.30. The first-order valence-corrected chi connectivity index (χ1v) is 8.90. The number of nitro groups is 1. The van der Waals surface area contributed by atoms with E-state index in [2.05, 4.69) is 5.32 Å². The van der Waals surface area contributed by atoms with Crippen LogP contribution >= 0.6 is 0 Å². The van der Waals surface area contributed by atoms with Gasteiger partial charge in [0.25, 0.3) is 5.69 Å². The molecular weight excluding hydrogens is 357 g/mol. The van der Waals surface area contributed by atoms with Crippen LogP contribution < -0.4 is 5.32 Å². The second-order valence-electron chi connectivity index (χ2n) is 6.55. The molecular formula is C22H18FN3O2. The number of nitrogens with one attached hydrogen (secondary N) is 1. The lowest BCUT2D eigenvalue weighted by atomic mass is 10.1. The van der Waals surface area contributed by atoms with Gasteiger partial charge in [0.05, 0.1) is 11.5 Å². The summed E-state index contributed by atoms with van der Waals surface area (Å²) in [6.45, 7) is 1.01. The van der Waals surface area contributed by atoms with Crippen LogP contribution in [0.2, 0.25) is 0 Å². The molecule has 1 N–H and O–H groups in total. The van der Waals surface area contributed by atoms with Crippen LogP contribution in [0.15, 0.2) is 79.0 Å². The SMILES string of the molecule is O=[N+]([O-])c1ccc(NCc2cn(Cc3ccccc3F)c3ccccc23)cc1. The number of anilines is 1. The van der Waals surface area contributed by atoms with E-state index in [9.17, 15) is 14.5 Å². The molecule has 1 heterocycles. The predicted octanol–water partition coefficient (Wildman–Crippen LogP) is 5.35. The van der Waals surface area contributed by atoms with Gasteiger partial charge in [-0.15, -0.1) is 0 Å². The zero-order chi connectivity index (χ0) is 19.5. The van der Waals surface area contributed by atoms with Crippen LogP contribution in [0.25, 0.3) is 10.9 Å². The predicted molar refractivity (Wildman–Crippen MR) is 108 cm³/mol. The molecule has 4 aromatic rings. The fraction of sp³-hybridized carbons (Fsp3) is 0.0909. The number of hydrogen-bond acceptors (Lipinski definition) is 3. The highest BCUT2D eigenvalue weighted by Gasteiger charge is 2.10. The highest BCUT2D eigenvalue weighted by molar-refractivity contribution is 5.84. The molecule has 3 aromatic carbocycles. The average Bonchev–Trinajstić information content (AvgIpc) is 3.06. The maximum Gasteiger partial charge on any atom is 0.269 e. The van der Waals surface area contributed by atoms with E-state index >= 15 is 0 Å². The van der Waals surface area contributed by atoms with E-state index in [4.69, 9.17) is 0 Å². The van der Waals surface area contributed by atoms with Gasteiger partial charge in [-0.1, -0.05) is 36.4 Å². The summed E-state index contributed by atoms with van der Waals surface area (Å²) >= 11 is 0. The number of halogens is 1. The van der Waals surface area contributed by atoms with E-state index in [-0.39, 0.29) is 11.5 Å². The van der Waals surface area contributed by atoms with Gasteiger partial charge in [0.2, 0.25) is 0 Å². The van der Waals surface area contributed by atoms with Crippen LogP contribution in [0.3, 0.4) is 0 Å². The molecule has 0 radical (unpaired) electrons. The van der Waals surface area contributed by atoms with Crippen LogP contribution in [-0.4, -0.2) is 9.49 Å². The average molecular weight is 375 g/mol. The Hall–Kier alpha value is -3.67. The topological polar surface area (TPSA) is 60.1 Å². The van der Waals surface area contributed by atoms with Gasteiger partial charge in [0.15, 0.2) is 0 Å². The van der Waals surface area contributed by atoms with Crippen LogP contribution in [0, 0.1) is 15.9 Å². The number of benzene rings is 3. The smallest absolute Gasteiger partial charge is 0.269 e. The van der Waals surface area contributed by atoms with E-state index in [0.29, 0.717) is 18.7 Å². The highest BCUT2D eigenvalue weighted by atomic mass is 19.1. The van der Waals surface area contributed by atoms with Crippen LogP contribution in [-0.2, 0) is 13.1 Å². The van der Waals surface area contributed by atoms with Crippen molar-refractivity contribution in [2.75, 3.05) is 5.32 Å². The molecule has 0 bridgehead atoms. The van der Waals surface area contributed by atoms with Gasteiger partial charge in [-0.2, -0.15) is 0 Å². The van der Waals surface area contributed by atoms with Crippen LogP contribution in [0.1, 0.15) is 11.1 Å². The lowest BCUT2D eigenvalue weighted by Crippen LogP contribution is -2.01. The van der Waals surface area contributed by atoms with Gasteiger partial charge in [-0.05, 0) is 29.8 Å². The molecule has 0 aliphatic rings. The largest absolute Gasteiger partial charge is 0.381 e. The number of rotatable bonds is 6. The number of hydrogen-bond donors (Lipinski definition) is 1. The third kappa shape index (κ3) is 3.57. The summed E-state index contributed by atoms with van der Waals surface area (Å²) in [5.41, 5.74) is 3.61. The zero-order valence-electron chi connectivity index (χ0n) is 15.0. The molecule has 0 saturated heterocycles. The van der Waals surface area contributed by atoms with E-state index < -0.39 is 4.92 Å². The molecule has 0 saturated carbocycles. The van der Waals surface area contributed by atoms with Crippen molar-refractivity contribution in [1.82, 2.24) is 4.57 Å². The molecule has 1 aromatic heterocycles. The molecule has 6 heteroatoms. The van der Waals surface area contributed by atoms with Gasteiger partial charge in [0, 0.05) is 47.0 Å². The molecule has 0 unspecified atom stereocenters. The molecule has 140 valence electrons. The number of non-ortho nitro benzene ring substituents is 1. The first-order chi connectivity index (χ1) is 13.6. The van der Waals surface area contributed by atoms with Crippen LogP contribution in [0.5, 0.6) is 0 Å². The number of para-hydroxylation sites is 1. The van der Waals surface area contributed by atoms with Gasteiger partial charge < -0.3 is 9.88 Å². The van der Waals surface area contributed by atoms with Gasteiger partial charge in [-0.25, -0.2) is 4.39 Å². The lowest BCUT2D eigenvalue weighted by Gasteiger charge is -2.06. The Balaban J connectivity index is 1.59. The maximum atomic E-state index is 14.1. The minimum Gasteiger partial charge on any atom is -0.381 e. The lowest BCUT2D eigenvalue weighted by molar-refractivity contribution is -0.384. The van der Waals surface area contributed by atoms with Gasteiger partial charge in [-0.3, -0.25) is 10.1 Å². The first-order valence-electron chi connectivity index (χ1n) is 8.90. The fourth-order valence-corrected chi connectivity index (χ4v) is 3.30. The minimum atomic E-state index is -0.417. The third-order valence-corrected chi connectivity index (χ3v) is 4.73. The Morgan fingerprint density at radius 2 is 1.64 bits per heavy atom. The molecule has 0 amide bonds. The van der Waals surface area contributed by atoms with Crippen molar-refractivity contribution in [2.45, 2.75) is 13.1 Å². The van der Waals surface area contributed by atoms with Gasteiger partial charge >= 0.3 is 0 Å². The molecule has 28 heavy (non-hydrogen) atoms. The zero-order valence-corrected chi connectivity index (χ0v) is 15.0. The Bertz CT molecular complexity index is 1140. The van der Waals surface area contributed by atoms with E-state index in [1.165, 1.54) is 18.2 Å². The van der Waals surface area contributed by atoms with E-state index in [1.807, 2.05) is 41.1 Å². The quantitative estimate of drug-likeness (QED) is 0.365. The number of aromatic nitrogens is 1. The molecule has 0 aliphatic carbocycles. The summed E-state index contributed by atoms with van der Waals surface area (Å²) in [6, 6.07) is 21.1. The van der Waals surface area contributed by atoms with Gasteiger partial charge in [0.1, 0.15) is 5.82 Å². The minimum absolute atomic E-state index is 0.0621. The summed E-state index contributed by atoms with van der Waals surface area (Å²) < 4.78 is 16.1. The highest BCUT2D eigenvalue weighted by Crippen LogP contribution is 2.24. The Kier molecular flexibility index (Phi) is 4.76. The monoisotopic (exact) mass is 375 g/mol. The number of fused-ring (bicyclic) bond motifs is 1. The van der Waals surface area contributed by atoms with E-state index in [1.54, 1.807) is 24.3 Å². The Morgan fingerprint density at radius 3 is 2.39 bits per heavy atom. The van der Waals surface area contributed by atoms with Crippen molar-refractivity contribution >= 4 is 22.3 Å². The standard InChI is InChI=1S/C22H18FN3O2/c23-21-7-3-1-5-16(21)14-25-15-17(20-6-2-4-8-22(20)25)13-24-18-9-11-19(12-10-18)26(27)28/h1-12,15,24H,13-14H2. The summed E-state index contributed by atoms with van der Waals surface area (Å²) in [6.07, 6.45) is 2.02. The van der Waals surface area contributed by atoms with Crippen molar-refractivity contribution < 1.29 is 9.31 Å². The van der Waals surface area contributed by atoms with Crippen molar-refractivity contribution in [3.8, 4) is 0 Å². The summed E-state index contributed by atoms with van der Waals surface area (Å²) in [5, 5.41) is 15.2. The molecule has 4 rings (SSSR count). The molecule has 0 fully saturated rings.